The lowest BCUT2D eigenvalue weighted by Gasteiger charge is -2.20. The van der Waals surface area contributed by atoms with Crippen LogP contribution in [0.2, 0.25) is 0 Å². The summed E-state index contributed by atoms with van der Waals surface area (Å²) in [5, 5.41) is 9.26. The fourth-order valence-corrected chi connectivity index (χ4v) is 2.44. The van der Waals surface area contributed by atoms with Crippen molar-refractivity contribution in [3.63, 3.8) is 0 Å². The third-order valence-corrected chi connectivity index (χ3v) is 3.68. The molecule has 0 aromatic heterocycles. The number of nitriles is 1. The normalized spacial score (nSPS) is 27.3. The van der Waals surface area contributed by atoms with Gasteiger partial charge in [-0.05, 0) is 11.1 Å². The smallest absolute Gasteiger partial charge is 0.172 e. The van der Waals surface area contributed by atoms with E-state index in [1.807, 2.05) is 60.7 Å². The summed E-state index contributed by atoms with van der Waals surface area (Å²) in [6.45, 7) is -0.224. The molecule has 0 N–H and O–H groups in total. The number of hydrogen-bond acceptors (Lipinski definition) is 4. The topological polar surface area (TPSA) is 51.5 Å². The molecule has 4 heteroatoms. The van der Waals surface area contributed by atoms with Crippen LogP contribution in [0, 0.1) is 11.3 Å². The minimum Gasteiger partial charge on any atom is -0.368 e. The van der Waals surface area contributed by atoms with Gasteiger partial charge in [0.15, 0.2) is 6.10 Å². The molecule has 23 heavy (non-hydrogen) atoms. The standard InChI is InChI=1S/C19H19NO3/c20-11-17-19(23-13-16-9-5-2-6-10-16)18(14-22-17)21-12-15-7-3-1-4-8-15/h1-10,17-19H,12-14H2/i14D. The molecular weight excluding hydrogens is 290 g/mol. The van der Waals surface area contributed by atoms with Crippen molar-refractivity contribution in [1.29, 1.82) is 5.26 Å². The molecule has 4 nitrogen and oxygen atoms in total. The Morgan fingerprint density at radius 2 is 1.57 bits per heavy atom. The van der Waals surface area contributed by atoms with Crippen molar-refractivity contribution in [1.82, 2.24) is 0 Å². The zero-order chi connectivity index (χ0) is 16.8. The van der Waals surface area contributed by atoms with E-state index in [1.165, 1.54) is 0 Å². The fourth-order valence-electron chi connectivity index (χ4n) is 2.44. The molecule has 1 aliphatic heterocycles. The maximum absolute atomic E-state index is 9.26. The van der Waals surface area contributed by atoms with Crippen LogP contribution in [0.25, 0.3) is 0 Å². The van der Waals surface area contributed by atoms with Gasteiger partial charge in [-0.1, -0.05) is 60.7 Å². The van der Waals surface area contributed by atoms with Crippen molar-refractivity contribution in [2.75, 3.05) is 6.58 Å². The van der Waals surface area contributed by atoms with Gasteiger partial charge in [0.2, 0.25) is 0 Å². The summed E-state index contributed by atoms with van der Waals surface area (Å²) < 4.78 is 25.1. The van der Waals surface area contributed by atoms with E-state index in [1.54, 1.807) is 0 Å². The highest BCUT2D eigenvalue weighted by Gasteiger charge is 2.39. The number of benzene rings is 2. The molecule has 0 spiro atoms. The first-order chi connectivity index (χ1) is 11.8. The van der Waals surface area contributed by atoms with E-state index >= 15 is 0 Å². The summed E-state index contributed by atoms with van der Waals surface area (Å²) in [5.74, 6) is 0. The molecule has 0 amide bonds. The van der Waals surface area contributed by atoms with E-state index in [2.05, 4.69) is 6.07 Å². The Balaban J connectivity index is 1.64. The maximum atomic E-state index is 9.26. The van der Waals surface area contributed by atoms with E-state index in [4.69, 9.17) is 15.6 Å². The van der Waals surface area contributed by atoms with Crippen LogP contribution in [0.4, 0.5) is 0 Å². The van der Waals surface area contributed by atoms with E-state index in [-0.39, 0.29) is 0 Å². The average Bonchev–Trinajstić information content (AvgIpc) is 2.94. The molecule has 3 rings (SSSR count). The van der Waals surface area contributed by atoms with Crippen LogP contribution in [-0.4, -0.2) is 24.9 Å². The Bertz CT molecular complexity index is 674. The van der Waals surface area contributed by atoms with Gasteiger partial charge in [0.25, 0.3) is 0 Å². The molecule has 1 heterocycles. The van der Waals surface area contributed by atoms with Crippen molar-refractivity contribution >= 4 is 0 Å². The van der Waals surface area contributed by atoms with Crippen molar-refractivity contribution in [3.05, 3.63) is 71.8 Å². The van der Waals surface area contributed by atoms with E-state index in [0.717, 1.165) is 11.1 Å². The molecule has 118 valence electrons. The summed E-state index contributed by atoms with van der Waals surface area (Å²) in [7, 11) is 0. The Hall–Kier alpha value is -2.19. The highest BCUT2D eigenvalue weighted by atomic mass is 16.6. The molecule has 0 bridgehead atoms. The van der Waals surface area contributed by atoms with Gasteiger partial charge >= 0.3 is 0 Å². The quantitative estimate of drug-likeness (QED) is 0.823. The molecule has 0 radical (unpaired) electrons. The van der Waals surface area contributed by atoms with E-state index < -0.39 is 24.9 Å². The molecule has 4 unspecified atom stereocenters. The molecule has 4 atom stereocenters. The summed E-state index contributed by atoms with van der Waals surface area (Å²) in [5.41, 5.74) is 2.01. The maximum Gasteiger partial charge on any atom is 0.172 e. The van der Waals surface area contributed by atoms with Crippen molar-refractivity contribution < 1.29 is 15.6 Å². The number of ether oxygens (including phenoxy) is 3. The van der Waals surface area contributed by atoms with Crippen LogP contribution in [0.3, 0.4) is 0 Å². The second kappa shape index (κ2) is 7.89. The Labute approximate surface area is 137 Å². The average molecular weight is 310 g/mol. The first-order valence-electron chi connectivity index (χ1n) is 8.14. The molecule has 0 aliphatic carbocycles. The van der Waals surface area contributed by atoms with Gasteiger partial charge in [0.1, 0.15) is 12.2 Å². The van der Waals surface area contributed by atoms with Crippen LogP contribution in [0.1, 0.15) is 12.5 Å². The lowest BCUT2D eigenvalue weighted by atomic mass is 10.1. The summed E-state index contributed by atoms with van der Waals surface area (Å²) >= 11 is 0. The lowest BCUT2D eigenvalue weighted by molar-refractivity contribution is -0.0659. The number of hydrogen-bond donors (Lipinski definition) is 0. The predicted molar refractivity (Wildman–Crippen MR) is 85.4 cm³/mol. The summed E-state index contributed by atoms with van der Waals surface area (Å²) in [6, 6.07) is 21.5. The molecular formula is C19H19NO3. The Kier molecular flexibility index (Phi) is 4.94. The molecule has 2 aromatic carbocycles. The molecule has 0 saturated carbocycles. The highest BCUT2D eigenvalue weighted by Crippen LogP contribution is 2.22. The minimum atomic E-state index is -0.931. The molecule has 1 saturated heterocycles. The van der Waals surface area contributed by atoms with Crippen LogP contribution in [0.15, 0.2) is 60.7 Å². The summed E-state index contributed by atoms with van der Waals surface area (Å²) in [6.07, 6.45) is -1.98. The zero-order valence-corrected chi connectivity index (χ0v) is 12.7. The second-order valence-electron chi connectivity index (χ2n) is 5.34. The Morgan fingerprint density at radius 3 is 2.13 bits per heavy atom. The number of rotatable bonds is 6. The van der Waals surface area contributed by atoms with Crippen molar-refractivity contribution in [2.24, 2.45) is 0 Å². The monoisotopic (exact) mass is 310 g/mol. The second-order valence-corrected chi connectivity index (χ2v) is 5.34. The fraction of sp³-hybridized carbons (Fsp3) is 0.316. The summed E-state index contributed by atoms with van der Waals surface area (Å²) in [4.78, 5) is 0. The number of nitrogens with zero attached hydrogens (tertiary/aromatic N) is 1. The van der Waals surface area contributed by atoms with Gasteiger partial charge in [-0.2, -0.15) is 5.26 Å². The Morgan fingerprint density at radius 1 is 1.00 bits per heavy atom. The lowest BCUT2D eigenvalue weighted by Crippen LogP contribution is -2.34. The predicted octanol–water partition coefficient (Wildman–Crippen LogP) is 3.08. The highest BCUT2D eigenvalue weighted by molar-refractivity contribution is 5.14. The van der Waals surface area contributed by atoms with Gasteiger partial charge in [-0.25, -0.2) is 0 Å². The first kappa shape index (κ1) is 14.4. The minimum absolute atomic E-state index is 0.352. The van der Waals surface area contributed by atoms with E-state index in [0.29, 0.717) is 13.2 Å². The molecule has 1 aliphatic rings. The molecule has 2 aromatic rings. The van der Waals surface area contributed by atoms with Crippen LogP contribution in [-0.2, 0) is 27.4 Å². The van der Waals surface area contributed by atoms with Crippen LogP contribution in [0.5, 0.6) is 0 Å². The third kappa shape index (κ3) is 4.17. The van der Waals surface area contributed by atoms with E-state index in [9.17, 15) is 5.26 Å². The van der Waals surface area contributed by atoms with Crippen LogP contribution >= 0.6 is 0 Å². The SMILES string of the molecule is [2H]C1OC(C#N)C(OCc2ccccc2)C1OCc1ccccc1. The van der Waals surface area contributed by atoms with Gasteiger partial charge in [0, 0.05) is 0 Å². The molecule has 1 fully saturated rings. The van der Waals surface area contributed by atoms with Gasteiger partial charge < -0.3 is 14.2 Å². The first-order valence-corrected chi connectivity index (χ1v) is 7.56. The largest absolute Gasteiger partial charge is 0.368 e. The van der Waals surface area contributed by atoms with Crippen LogP contribution < -0.4 is 0 Å². The van der Waals surface area contributed by atoms with Gasteiger partial charge in [-0.15, -0.1) is 0 Å². The van der Waals surface area contributed by atoms with Crippen molar-refractivity contribution in [2.45, 2.75) is 31.5 Å². The third-order valence-electron chi connectivity index (χ3n) is 3.68. The van der Waals surface area contributed by atoms with Crippen molar-refractivity contribution in [3.8, 4) is 6.07 Å². The van der Waals surface area contributed by atoms with Gasteiger partial charge in [-0.3, -0.25) is 0 Å². The van der Waals surface area contributed by atoms with Gasteiger partial charge in [0.05, 0.1) is 27.2 Å². The zero-order valence-electron chi connectivity index (χ0n) is 13.7.